The van der Waals surface area contributed by atoms with Crippen molar-refractivity contribution in [2.75, 3.05) is 10.5 Å². The van der Waals surface area contributed by atoms with Crippen LogP contribution in [0.4, 0.5) is 5.82 Å². The molecular weight excluding hydrogens is 392 g/mol. The first-order valence-electron chi connectivity index (χ1n) is 9.58. The number of rotatable bonds is 8. The number of pyridine rings is 1. The summed E-state index contributed by atoms with van der Waals surface area (Å²) in [6.45, 7) is 1.79. The highest BCUT2D eigenvalue weighted by atomic mass is 32.2. The maximum atomic E-state index is 12.4. The van der Waals surface area contributed by atoms with E-state index >= 15 is 0 Å². The fraction of sp³-hybridized carbons (Fsp3) is 0.350. The molecule has 2 heterocycles. The van der Waals surface area contributed by atoms with Crippen LogP contribution in [0.15, 0.2) is 48.8 Å². The van der Waals surface area contributed by atoms with Crippen molar-refractivity contribution in [3.8, 4) is 5.88 Å². The molecule has 1 aromatic carbocycles. The Balaban J connectivity index is 1.75. The molecule has 8 nitrogen and oxygen atoms in total. The topological polar surface area (TPSA) is 108 Å². The Labute approximate surface area is 169 Å². The Morgan fingerprint density at radius 3 is 2.59 bits per heavy atom. The lowest BCUT2D eigenvalue weighted by molar-refractivity contribution is -0.606. The molecule has 1 aliphatic carbocycles. The highest BCUT2D eigenvalue weighted by molar-refractivity contribution is 7.92. The zero-order valence-corrected chi connectivity index (χ0v) is 16.8. The molecule has 3 aromatic rings. The minimum Gasteiger partial charge on any atom is -0.619 e. The average molecular weight is 414 g/mol. The van der Waals surface area contributed by atoms with Crippen molar-refractivity contribution in [2.24, 2.45) is 5.92 Å². The van der Waals surface area contributed by atoms with Gasteiger partial charge in [0, 0.05) is 12.0 Å². The van der Waals surface area contributed by atoms with Crippen LogP contribution in [0.3, 0.4) is 0 Å². The van der Waals surface area contributed by atoms with Crippen LogP contribution in [0.2, 0.25) is 0 Å². The van der Waals surface area contributed by atoms with E-state index in [1.54, 1.807) is 25.1 Å². The SMILES string of the molecule is CCCS(=O)(=O)Nc1nc2ccccc2nc1OC(c1ccc[n+]([O-])c1)C1CC1. The van der Waals surface area contributed by atoms with Gasteiger partial charge < -0.3 is 9.94 Å². The van der Waals surface area contributed by atoms with Gasteiger partial charge in [-0.25, -0.2) is 18.4 Å². The Morgan fingerprint density at radius 1 is 1.21 bits per heavy atom. The maximum Gasteiger partial charge on any atom is 0.259 e. The number of sulfonamides is 1. The molecule has 0 radical (unpaired) electrons. The van der Waals surface area contributed by atoms with Gasteiger partial charge in [-0.3, -0.25) is 4.72 Å². The van der Waals surface area contributed by atoms with Gasteiger partial charge in [-0.05, 0) is 37.5 Å². The second-order valence-electron chi connectivity index (χ2n) is 7.16. The van der Waals surface area contributed by atoms with Crippen LogP contribution in [0.1, 0.15) is 37.9 Å². The molecule has 1 fully saturated rings. The van der Waals surface area contributed by atoms with Gasteiger partial charge in [0.05, 0.1) is 22.3 Å². The molecule has 0 amide bonds. The van der Waals surface area contributed by atoms with Gasteiger partial charge in [0.15, 0.2) is 12.4 Å². The van der Waals surface area contributed by atoms with E-state index in [1.807, 2.05) is 18.2 Å². The number of hydrogen-bond acceptors (Lipinski definition) is 6. The maximum absolute atomic E-state index is 12.4. The lowest BCUT2D eigenvalue weighted by Crippen LogP contribution is -2.27. The summed E-state index contributed by atoms with van der Waals surface area (Å²) in [7, 11) is -3.57. The normalized spacial score (nSPS) is 15.2. The molecule has 1 atom stereocenters. The monoisotopic (exact) mass is 414 g/mol. The Kier molecular flexibility index (Phi) is 5.23. The summed E-state index contributed by atoms with van der Waals surface area (Å²) < 4.78 is 34.1. The minimum absolute atomic E-state index is 0.0259. The molecule has 152 valence electrons. The van der Waals surface area contributed by atoms with Gasteiger partial charge in [-0.15, -0.1) is 0 Å². The van der Waals surface area contributed by atoms with E-state index < -0.39 is 16.1 Å². The third-order valence-corrected chi connectivity index (χ3v) is 6.13. The first kappa shape index (κ1) is 19.4. The number of para-hydroxylation sites is 2. The number of ether oxygens (including phenoxy) is 1. The van der Waals surface area contributed by atoms with Gasteiger partial charge >= 0.3 is 0 Å². The molecule has 4 rings (SSSR count). The number of nitrogens with one attached hydrogen (secondary N) is 1. The second kappa shape index (κ2) is 7.82. The molecule has 1 N–H and O–H groups in total. The van der Waals surface area contributed by atoms with Crippen molar-refractivity contribution in [1.29, 1.82) is 0 Å². The molecule has 1 saturated carbocycles. The molecule has 1 aliphatic rings. The van der Waals surface area contributed by atoms with Crippen LogP contribution in [0, 0.1) is 11.1 Å². The number of benzene rings is 1. The Morgan fingerprint density at radius 2 is 1.93 bits per heavy atom. The summed E-state index contributed by atoms with van der Waals surface area (Å²) in [5.41, 5.74) is 1.89. The first-order valence-corrected chi connectivity index (χ1v) is 11.2. The van der Waals surface area contributed by atoms with Crippen LogP contribution in [-0.4, -0.2) is 24.1 Å². The predicted molar refractivity (Wildman–Crippen MR) is 109 cm³/mol. The summed E-state index contributed by atoms with van der Waals surface area (Å²) in [5.74, 6) is 0.392. The number of nitrogens with zero attached hydrogens (tertiary/aromatic N) is 3. The second-order valence-corrected chi connectivity index (χ2v) is 9.00. The molecule has 0 aliphatic heterocycles. The third-order valence-electron chi connectivity index (χ3n) is 4.68. The first-order chi connectivity index (χ1) is 13.9. The van der Waals surface area contributed by atoms with Crippen molar-refractivity contribution in [2.45, 2.75) is 32.3 Å². The summed E-state index contributed by atoms with van der Waals surface area (Å²) in [6, 6.07) is 10.7. The van der Waals surface area contributed by atoms with E-state index in [2.05, 4.69) is 14.7 Å². The molecule has 0 bridgehead atoms. The zero-order valence-electron chi connectivity index (χ0n) is 16.0. The van der Waals surface area contributed by atoms with E-state index in [1.165, 1.54) is 12.4 Å². The van der Waals surface area contributed by atoms with Gasteiger partial charge in [-0.2, -0.15) is 4.73 Å². The van der Waals surface area contributed by atoms with Gasteiger partial charge in [-0.1, -0.05) is 19.1 Å². The Bertz CT molecular complexity index is 1130. The molecule has 0 saturated heterocycles. The molecule has 1 unspecified atom stereocenters. The number of aromatic nitrogens is 3. The summed E-state index contributed by atoms with van der Waals surface area (Å²) in [5, 5.41) is 11.7. The average Bonchev–Trinajstić information content (AvgIpc) is 3.51. The summed E-state index contributed by atoms with van der Waals surface area (Å²) in [4.78, 5) is 8.96. The molecule has 2 aromatic heterocycles. The quantitative estimate of drug-likeness (QED) is 0.448. The standard InChI is InChI=1S/C20H22N4O4S/c1-2-12-29(26,27)23-19-20(22-17-8-4-3-7-16(17)21-19)28-18(14-9-10-14)15-6-5-11-24(25)13-15/h3-8,11,13-14,18H,2,9-10,12H2,1H3,(H,21,23). The van der Waals surface area contributed by atoms with Gasteiger partial charge in [0.25, 0.3) is 5.88 Å². The molecular formula is C20H22N4O4S. The van der Waals surface area contributed by atoms with Crippen molar-refractivity contribution in [1.82, 2.24) is 9.97 Å². The molecule has 29 heavy (non-hydrogen) atoms. The third kappa shape index (κ3) is 4.56. The van der Waals surface area contributed by atoms with Crippen molar-refractivity contribution in [3.05, 3.63) is 59.6 Å². The van der Waals surface area contributed by atoms with Crippen LogP contribution >= 0.6 is 0 Å². The van der Waals surface area contributed by atoms with E-state index in [4.69, 9.17) is 4.74 Å². The van der Waals surface area contributed by atoms with Crippen molar-refractivity contribution >= 4 is 26.9 Å². The fourth-order valence-corrected chi connectivity index (χ4v) is 4.26. The Hall–Kier alpha value is -2.94. The lowest BCUT2D eigenvalue weighted by atomic mass is 10.1. The number of anilines is 1. The van der Waals surface area contributed by atoms with Crippen LogP contribution in [0.25, 0.3) is 11.0 Å². The van der Waals surface area contributed by atoms with Crippen LogP contribution in [0.5, 0.6) is 5.88 Å². The lowest BCUT2D eigenvalue weighted by Gasteiger charge is -2.20. The summed E-state index contributed by atoms with van der Waals surface area (Å²) >= 11 is 0. The zero-order chi connectivity index (χ0) is 20.4. The van der Waals surface area contributed by atoms with E-state index in [0.717, 1.165) is 23.1 Å². The smallest absolute Gasteiger partial charge is 0.259 e. The van der Waals surface area contributed by atoms with Crippen LogP contribution in [-0.2, 0) is 10.0 Å². The minimum atomic E-state index is -3.57. The predicted octanol–water partition coefficient (Wildman–Crippen LogP) is 2.95. The highest BCUT2D eigenvalue weighted by Crippen LogP contribution is 2.44. The van der Waals surface area contributed by atoms with Crippen molar-refractivity contribution < 1.29 is 17.9 Å². The van der Waals surface area contributed by atoms with E-state index in [0.29, 0.717) is 17.5 Å². The molecule has 0 spiro atoms. The summed E-state index contributed by atoms with van der Waals surface area (Å²) in [6.07, 6.45) is 4.89. The molecule has 9 heteroatoms. The van der Waals surface area contributed by atoms with Crippen LogP contribution < -0.4 is 14.2 Å². The van der Waals surface area contributed by atoms with Gasteiger partial charge in [0.2, 0.25) is 15.8 Å². The van der Waals surface area contributed by atoms with E-state index in [-0.39, 0.29) is 23.4 Å². The largest absolute Gasteiger partial charge is 0.619 e. The van der Waals surface area contributed by atoms with E-state index in [9.17, 15) is 13.6 Å². The fourth-order valence-electron chi connectivity index (χ4n) is 3.20. The van der Waals surface area contributed by atoms with Crippen molar-refractivity contribution in [3.63, 3.8) is 0 Å². The number of fused-ring (bicyclic) bond motifs is 1. The highest BCUT2D eigenvalue weighted by Gasteiger charge is 2.36. The number of hydrogen-bond donors (Lipinski definition) is 1. The van der Waals surface area contributed by atoms with Gasteiger partial charge in [0.1, 0.15) is 6.10 Å².